The lowest BCUT2D eigenvalue weighted by Crippen LogP contribution is -2.34. The van der Waals surface area contributed by atoms with Crippen LogP contribution in [0, 0.1) is 11.3 Å². The van der Waals surface area contributed by atoms with Crippen LogP contribution in [0.5, 0.6) is 0 Å². The van der Waals surface area contributed by atoms with Gasteiger partial charge >= 0.3 is 0 Å². The summed E-state index contributed by atoms with van der Waals surface area (Å²) < 4.78 is 3.99. The minimum atomic E-state index is -1.32. The van der Waals surface area contributed by atoms with E-state index in [0.717, 1.165) is 12.8 Å². The van der Waals surface area contributed by atoms with Crippen molar-refractivity contribution in [1.82, 2.24) is 0 Å². The van der Waals surface area contributed by atoms with Crippen LogP contribution in [-0.2, 0) is 4.74 Å². The van der Waals surface area contributed by atoms with E-state index in [1.165, 1.54) is 25.7 Å². The molecule has 4 nitrogen and oxygen atoms in total. The molecule has 0 rings (SSSR count). The Morgan fingerprint density at radius 2 is 1.90 bits per heavy atom. The summed E-state index contributed by atoms with van der Waals surface area (Å²) in [6.07, 6.45) is 6.14. The maximum Gasteiger partial charge on any atom is 0.208 e. The fraction of sp³-hybridized carbons (Fsp3) is 0.857. The number of nitriles is 1. The minimum absolute atomic E-state index is 0.200. The van der Waals surface area contributed by atoms with Gasteiger partial charge in [-0.25, -0.2) is 0 Å². The summed E-state index contributed by atoms with van der Waals surface area (Å²) >= 11 is 4.37. The predicted molar refractivity (Wildman–Crippen MR) is 85.7 cm³/mol. The number of aliphatic hydroxyl groups is 2. The molecule has 0 fully saturated rings. The van der Waals surface area contributed by atoms with Gasteiger partial charge in [-0.05, 0) is 13.3 Å². The summed E-state index contributed by atoms with van der Waals surface area (Å²) in [6.45, 7) is 4.21. The standard InChI is InChI=1S/C14H26NO3SSi/c1-3-5-6-7-8-9-10-14(19,11-15)20-13(17)12(16)18-4-2/h12,16-17,19H,3-10H2,1-2H3. The second-order valence-electron chi connectivity index (χ2n) is 4.81. The van der Waals surface area contributed by atoms with E-state index >= 15 is 0 Å². The molecule has 0 aromatic heterocycles. The number of rotatable bonds is 11. The number of unbranched alkanes of at least 4 members (excludes halogenated alkanes) is 5. The average molecular weight is 317 g/mol. The van der Waals surface area contributed by atoms with Gasteiger partial charge in [0.1, 0.15) is 18.9 Å². The Morgan fingerprint density at radius 3 is 2.45 bits per heavy atom. The van der Waals surface area contributed by atoms with Gasteiger partial charge < -0.3 is 14.9 Å². The SMILES string of the molecule is CCCCCCCCC(S)(C#N)[Si]=C(O)C(O)OCC. The molecule has 20 heavy (non-hydrogen) atoms. The molecule has 0 spiro atoms. The van der Waals surface area contributed by atoms with Crippen molar-refractivity contribution in [2.24, 2.45) is 0 Å². The van der Waals surface area contributed by atoms with E-state index in [4.69, 9.17) is 4.74 Å². The van der Waals surface area contributed by atoms with Crippen molar-refractivity contribution in [3.05, 3.63) is 0 Å². The van der Waals surface area contributed by atoms with E-state index in [2.05, 4.69) is 25.6 Å². The van der Waals surface area contributed by atoms with Crippen LogP contribution in [0.25, 0.3) is 0 Å². The molecule has 0 aromatic rings. The van der Waals surface area contributed by atoms with Crippen molar-refractivity contribution < 1.29 is 14.9 Å². The van der Waals surface area contributed by atoms with Crippen molar-refractivity contribution in [1.29, 1.82) is 5.26 Å². The number of hydrogen-bond donors (Lipinski definition) is 3. The zero-order valence-electron chi connectivity index (χ0n) is 12.4. The number of hydrogen-bond acceptors (Lipinski definition) is 5. The number of nitrogens with zero attached hydrogens (tertiary/aromatic N) is 1. The van der Waals surface area contributed by atoms with E-state index in [9.17, 15) is 15.5 Å². The van der Waals surface area contributed by atoms with Crippen LogP contribution < -0.4 is 0 Å². The fourth-order valence-electron chi connectivity index (χ4n) is 1.82. The first kappa shape index (κ1) is 19.6. The molecule has 0 bridgehead atoms. The quantitative estimate of drug-likeness (QED) is 0.237. The molecule has 0 saturated heterocycles. The van der Waals surface area contributed by atoms with Crippen molar-refractivity contribution >= 4 is 27.1 Å². The zero-order valence-corrected chi connectivity index (χ0v) is 14.3. The summed E-state index contributed by atoms with van der Waals surface area (Å²) in [5.74, 6) is 0. The first-order valence-electron chi connectivity index (χ1n) is 7.26. The zero-order chi connectivity index (χ0) is 15.4. The van der Waals surface area contributed by atoms with E-state index in [-0.39, 0.29) is 14.5 Å². The second-order valence-corrected chi connectivity index (χ2v) is 7.61. The summed E-state index contributed by atoms with van der Waals surface area (Å²) in [7, 11) is -0.247. The fourth-order valence-corrected chi connectivity index (χ4v) is 3.31. The van der Waals surface area contributed by atoms with E-state index in [0.29, 0.717) is 13.0 Å². The average Bonchev–Trinajstić information content (AvgIpc) is 2.43. The highest BCUT2D eigenvalue weighted by Gasteiger charge is 2.25. The maximum atomic E-state index is 9.74. The van der Waals surface area contributed by atoms with Gasteiger partial charge in [-0.1, -0.05) is 45.4 Å². The molecule has 0 aliphatic heterocycles. The smallest absolute Gasteiger partial charge is 0.208 e. The Hall–Kier alpha value is -0.353. The van der Waals surface area contributed by atoms with Gasteiger partial charge in [0.05, 0.1) is 6.07 Å². The van der Waals surface area contributed by atoms with Gasteiger partial charge in [-0.3, -0.25) is 0 Å². The van der Waals surface area contributed by atoms with Crippen molar-refractivity contribution in [2.45, 2.75) is 69.5 Å². The lowest BCUT2D eigenvalue weighted by Gasteiger charge is -2.17. The lowest BCUT2D eigenvalue weighted by molar-refractivity contribution is -0.0520. The summed E-state index contributed by atoms with van der Waals surface area (Å²) in [4.78, 5) is 0. The van der Waals surface area contributed by atoms with Crippen LogP contribution >= 0.6 is 12.6 Å². The number of aliphatic hydroxyl groups excluding tert-OH is 2. The molecule has 2 atom stereocenters. The topological polar surface area (TPSA) is 73.5 Å². The van der Waals surface area contributed by atoms with Crippen LogP contribution in [-0.4, -0.2) is 42.0 Å². The van der Waals surface area contributed by atoms with E-state index < -0.39 is 10.7 Å². The summed E-state index contributed by atoms with van der Waals surface area (Å²) in [5.41, 5.74) is 0. The molecule has 1 radical (unpaired) electrons. The Labute approximate surface area is 130 Å². The number of thiol groups is 1. The molecule has 0 aliphatic carbocycles. The normalized spacial score (nSPS) is 16.4. The Balaban J connectivity index is 4.26. The van der Waals surface area contributed by atoms with Gasteiger partial charge in [-0.15, -0.1) is 0 Å². The van der Waals surface area contributed by atoms with Crippen molar-refractivity contribution in [3.63, 3.8) is 0 Å². The van der Waals surface area contributed by atoms with Crippen LogP contribution in [0.4, 0.5) is 0 Å². The molecular formula is C14H26NO3SSi. The third-order valence-corrected chi connectivity index (χ3v) is 4.91. The third-order valence-electron chi connectivity index (χ3n) is 2.97. The molecule has 0 amide bonds. The highest BCUT2D eigenvalue weighted by atomic mass is 32.1. The van der Waals surface area contributed by atoms with Gasteiger partial charge in [0.15, 0.2) is 0 Å². The second kappa shape index (κ2) is 11.3. The monoisotopic (exact) mass is 316 g/mol. The van der Waals surface area contributed by atoms with Gasteiger partial charge in [0.2, 0.25) is 6.29 Å². The van der Waals surface area contributed by atoms with E-state index in [1.807, 2.05) is 0 Å². The highest BCUT2D eigenvalue weighted by Crippen LogP contribution is 2.20. The van der Waals surface area contributed by atoms with Crippen LogP contribution in [0.2, 0.25) is 0 Å². The van der Waals surface area contributed by atoms with E-state index in [1.54, 1.807) is 6.92 Å². The van der Waals surface area contributed by atoms with Gasteiger partial charge in [0, 0.05) is 6.61 Å². The first-order chi connectivity index (χ1) is 9.49. The molecule has 0 saturated carbocycles. The van der Waals surface area contributed by atoms with Crippen LogP contribution in [0.15, 0.2) is 0 Å². The van der Waals surface area contributed by atoms with Crippen molar-refractivity contribution in [3.8, 4) is 6.07 Å². The molecule has 2 unspecified atom stereocenters. The minimum Gasteiger partial charge on any atom is -0.513 e. The Kier molecular flexibility index (Phi) is 11.1. The molecule has 0 heterocycles. The molecule has 0 aliphatic rings. The maximum absolute atomic E-state index is 9.74. The third kappa shape index (κ3) is 8.75. The molecule has 115 valence electrons. The van der Waals surface area contributed by atoms with Crippen molar-refractivity contribution in [2.75, 3.05) is 6.61 Å². The molecule has 2 N–H and O–H groups in total. The van der Waals surface area contributed by atoms with Crippen LogP contribution in [0.3, 0.4) is 0 Å². The largest absolute Gasteiger partial charge is 0.513 e. The van der Waals surface area contributed by atoms with Gasteiger partial charge in [-0.2, -0.15) is 17.9 Å². The Morgan fingerprint density at radius 1 is 1.30 bits per heavy atom. The molecule has 6 heteroatoms. The Bertz CT molecular complexity index is 333. The van der Waals surface area contributed by atoms with Gasteiger partial charge in [0.25, 0.3) is 0 Å². The molecular weight excluding hydrogens is 290 g/mol. The first-order valence-corrected chi connectivity index (χ1v) is 8.71. The summed E-state index contributed by atoms with van der Waals surface area (Å²) in [5, 5.41) is 28.3. The predicted octanol–water partition coefficient (Wildman–Crippen LogP) is 2.45. The van der Waals surface area contributed by atoms with Crippen LogP contribution in [0.1, 0.15) is 58.8 Å². The summed E-state index contributed by atoms with van der Waals surface area (Å²) in [6, 6.07) is 2.14. The number of ether oxygens (including phenoxy) is 1. The molecule has 0 aromatic carbocycles. The highest BCUT2D eigenvalue weighted by molar-refractivity contribution is 7.83. The lowest BCUT2D eigenvalue weighted by atomic mass is 10.1.